The second-order valence-corrected chi connectivity index (χ2v) is 6.37. The third-order valence-corrected chi connectivity index (χ3v) is 5.40. The summed E-state index contributed by atoms with van der Waals surface area (Å²) in [6.07, 6.45) is 3.67. The highest BCUT2D eigenvalue weighted by Gasteiger charge is 2.62. The molecule has 3 aliphatic rings. The maximum Gasteiger partial charge on any atom is 0.240 e. The number of rotatable bonds is 2. The highest BCUT2D eigenvalue weighted by atomic mass is 32.2. The summed E-state index contributed by atoms with van der Waals surface area (Å²) in [7, 11) is 0. The molecule has 3 fully saturated rings. The highest BCUT2D eigenvalue weighted by Crippen LogP contribution is 2.50. The Balaban J connectivity index is 1.77. The molecule has 5 heteroatoms. The standard InChI is InChI=1S/C15H15NO3S/c1-20-11-5-3-2-4-8(11)16-14(17)12-9-6-7-10(19-9)13(12)15(16)18/h2-5,9-10,12-13H,6-7H2,1H3. The fourth-order valence-corrected chi connectivity index (χ4v) is 4.35. The molecule has 0 saturated carbocycles. The van der Waals surface area contributed by atoms with Crippen molar-refractivity contribution in [3.05, 3.63) is 24.3 Å². The number of hydrogen-bond donors (Lipinski definition) is 0. The number of amides is 2. The van der Waals surface area contributed by atoms with Gasteiger partial charge in [0.25, 0.3) is 0 Å². The number of anilines is 1. The first-order chi connectivity index (χ1) is 9.72. The van der Waals surface area contributed by atoms with E-state index in [9.17, 15) is 9.59 Å². The van der Waals surface area contributed by atoms with Crippen molar-refractivity contribution in [1.29, 1.82) is 0 Å². The molecule has 2 bridgehead atoms. The van der Waals surface area contributed by atoms with Crippen molar-refractivity contribution in [2.75, 3.05) is 11.2 Å². The molecule has 4 rings (SSSR count). The van der Waals surface area contributed by atoms with Crippen LogP contribution in [0, 0.1) is 11.8 Å². The van der Waals surface area contributed by atoms with E-state index in [0.717, 1.165) is 23.4 Å². The van der Waals surface area contributed by atoms with Crippen LogP contribution in [0.15, 0.2) is 29.2 Å². The number of fused-ring (bicyclic) bond motifs is 5. The Bertz CT molecular complexity index is 575. The number of carbonyl (C=O) groups excluding carboxylic acids is 2. The van der Waals surface area contributed by atoms with Crippen LogP contribution in [0.2, 0.25) is 0 Å². The van der Waals surface area contributed by atoms with Crippen molar-refractivity contribution in [2.45, 2.75) is 29.9 Å². The third kappa shape index (κ3) is 1.48. The van der Waals surface area contributed by atoms with Gasteiger partial charge < -0.3 is 4.74 Å². The molecular formula is C15H15NO3S. The maximum absolute atomic E-state index is 12.7. The van der Waals surface area contributed by atoms with Crippen molar-refractivity contribution in [3.63, 3.8) is 0 Å². The van der Waals surface area contributed by atoms with Gasteiger partial charge in [-0.15, -0.1) is 11.8 Å². The van der Waals surface area contributed by atoms with Crippen LogP contribution in [-0.2, 0) is 14.3 Å². The van der Waals surface area contributed by atoms with Gasteiger partial charge in [-0.1, -0.05) is 12.1 Å². The molecule has 2 amide bonds. The molecule has 0 aromatic heterocycles. The van der Waals surface area contributed by atoms with Crippen molar-refractivity contribution in [3.8, 4) is 0 Å². The predicted molar refractivity (Wildman–Crippen MR) is 75.6 cm³/mol. The summed E-state index contributed by atoms with van der Waals surface area (Å²) in [5.41, 5.74) is 0.726. The van der Waals surface area contributed by atoms with Gasteiger partial charge in [0.15, 0.2) is 0 Å². The average Bonchev–Trinajstić information content (AvgIpc) is 3.13. The van der Waals surface area contributed by atoms with Gasteiger partial charge in [0.2, 0.25) is 11.8 Å². The molecule has 0 N–H and O–H groups in total. The maximum atomic E-state index is 12.7. The van der Waals surface area contributed by atoms with Crippen LogP contribution in [0.3, 0.4) is 0 Å². The number of thioether (sulfide) groups is 1. The summed E-state index contributed by atoms with van der Waals surface area (Å²) >= 11 is 1.55. The average molecular weight is 289 g/mol. The molecule has 104 valence electrons. The fraction of sp³-hybridized carbons (Fsp3) is 0.467. The summed E-state index contributed by atoms with van der Waals surface area (Å²) in [5.74, 6) is -0.658. The third-order valence-electron chi connectivity index (χ3n) is 4.61. The van der Waals surface area contributed by atoms with Gasteiger partial charge in [-0.3, -0.25) is 9.59 Å². The molecule has 4 nitrogen and oxygen atoms in total. The minimum atomic E-state index is -0.254. The van der Waals surface area contributed by atoms with Crippen LogP contribution < -0.4 is 4.90 Å². The Kier molecular flexibility index (Phi) is 2.69. The Hall–Kier alpha value is -1.33. The van der Waals surface area contributed by atoms with Crippen molar-refractivity contribution in [2.24, 2.45) is 11.8 Å². The van der Waals surface area contributed by atoms with E-state index < -0.39 is 0 Å². The first-order valence-electron chi connectivity index (χ1n) is 6.88. The van der Waals surface area contributed by atoms with Gasteiger partial charge in [-0.05, 0) is 31.2 Å². The zero-order valence-electron chi connectivity index (χ0n) is 11.1. The van der Waals surface area contributed by atoms with Gasteiger partial charge in [-0.2, -0.15) is 0 Å². The lowest BCUT2D eigenvalue weighted by molar-refractivity contribution is -0.124. The summed E-state index contributed by atoms with van der Waals surface area (Å²) in [5, 5.41) is 0. The van der Waals surface area contributed by atoms with Crippen LogP contribution in [0.25, 0.3) is 0 Å². The van der Waals surface area contributed by atoms with E-state index in [1.54, 1.807) is 11.8 Å². The number of nitrogens with zero attached hydrogens (tertiary/aromatic N) is 1. The van der Waals surface area contributed by atoms with Gasteiger partial charge in [-0.25, -0.2) is 4.90 Å². The monoisotopic (exact) mass is 289 g/mol. The van der Waals surface area contributed by atoms with Crippen molar-refractivity contribution < 1.29 is 14.3 Å². The van der Waals surface area contributed by atoms with E-state index in [-0.39, 0.29) is 35.9 Å². The number of imide groups is 1. The van der Waals surface area contributed by atoms with E-state index in [1.807, 2.05) is 30.5 Å². The zero-order chi connectivity index (χ0) is 13.9. The molecular weight excluding hydrogens is 274 g/mol. The van der Waals surface area contributed by atoms with Crippen LogP contribution in [0.4, 0.5) is 5.69 Å². The van der Waals surface area contributed by atoms with Gasteiger partial charge in [0.1, 0.15) is 0 Å². The Morgan fingerprint density at radius 1 is 1.10 bits per heavy atom. The lowest BCUT2D eigenvalue weighted by Gasteiger charge is -2.19. The van der Waals surface area contributed by atoms with Gasteiger partial charge in [0.05, 0.1) is 29.7 Å². The normalized spacial score (nSPS) is 35.0. The second-order valence-electron chi connectivity index (χ2n) is 5.53. The van der Waals surface area contributed by atoms with Crippen LogP contribution >= 0.6 is 11.8 Å². The first kappa shape index (κ1) is 12.4. The molecule has 3 heterocycles. The summed E-state index contributed by atoms with van der Waals surface area (Å²) < 4.78 is 5.75. The molecule has 0 spiro atoms. The fourth-order valence-electron chi connectivity index (χ4n) is 3.76. The first-order valence-corrected chi connectivity index (χ1v) is 8.11. The highest BCUT2D eigenvalue weighted by molar-refractivity contribution is 7.98. The minimum absolute atomic E-state index is 0.0482. The zero-order valence-corrected chi connectivity index (χ0v) is 11.9. The van der Waals surface area contributed by atoms with E-state index >= 15 is 0 Å². The van der Waals surface area contributed by atoms with E-state index in [1.165, 1.54) is 4.90 Å². The van der Waals surface area contributed by atoms with E-state index in [4.69, 9.17) is 4.74 Å². The smallest absolute Gasteiger partial charge is 0.240 e. The van der Waals surface area contributed by atoms with E-state index in [0.29, 0.717) is 0 Å². The molecule has 1 aromatic carbocycles. The van der Waals surface area contributed by atoms with Gasteiger partial charge >= 0.3 is 0 Å². The molecule has 0 aliphatic carbocycles. The van der Waals surface area contributed by atoms with Crippen LogP contribution in [0.1, 0.15) is 12.8 Å². The summed E-state index contributed by atoms with van der Waals surface area (Å²) in [6.45, 7) is 0. The van der Waals surface area contributed by atoms with Crippen molar-refractivity contribution in [1.82, 2.24) is 0 Å². The lowest BCUT2D eigenvalue weighted by Crippen LogP contribution is -2.34. The largest absolute Gasteiger partial charge is 0.373 e. The lowest BCUT2D eigenvalue weighted by atomic mass is 9.81. The number of benzene rings is 1. The topological polar surface area (TPSA) is 46.6 Å². The SMILES string of the molecule is CSc1ccccc1N1C(=O)C2C3CCC(O3)C2C1=O. The Morgan fingerprint density at radius 3 is 2.30 bits per heavy atom. The second kappa shape index (κ2) is 4.33. The quantitative estimate of drug-likeness (QED) is 0.618. The molecule has 3 saturated heterocycles. The van der Waals surface area contributed by atoms with Crippen molar-refractivity contribution >= 4 is 29.3 Å². The number of ether oxygens (including phenoxy) is 1. The van der Waals surface area contributed by atoms with E-state index in [2.05, 4.69) is 0 Å². The molecule has 20 heavy (non-hydrogen) atoms. The summed E-state index contributed by atoms with van der Waals surface area (Å²) in [4.78, 5) is 27.7. The summed E-state index contributed by atoms with van der Waals surface area (Å²) in [6, 6.07) is 7.59. The van der Waals surface area contributed by atoms with Crippen LogP contribution in [-0.4, -0.2) is 30.3 Å². The molecule has 4 atom stereocenters. The van der Waals surface area contributed by atoms with Gasteiger partial charge in [0, 0.05) is 4.90 Å². The molecule has 1 aromatic rings. The minimum Gasteiger partial charge on any atom is -0.373 e. The number of para-hydroxylation sites is 1. The predicted octanol–water partition coefficient (Wildman–Crippen LogP) is 2.08. The van der Waals surface area contributed by atoms with Crippen LogP contribution in [0.5, 0.6) is 0 Å². The number of hydrogen-bond acceptors (Lipinski definition) is 4. The Morgan fingerprint density at radius 2 is 1.70 bits per heavy atom. The molecule has 3 aliphatic heterocycles. The Labute approximate surface area is 121 Å². The number of carbonyl (C=O) groups is 2. The molecule has 0 radical (unpaired) electrons. The molecule has 4 unspecified atom stereocenters.